The fraction of sp³-hybridized carbons (Fsp3) is 0.333. The molecule has 0 radical (unpaired) electrons. The van der Waals surface area contributed by atoms with Crippen molar-refractivity contribution in [2.75, 3.05) is 0 Å². The molecule has 0 aromatic heterocycles. The predicted octanol–water partition coefficient (Wildman–Crippen LogP) is 5.08. The number of rotatable bonds is 6. The highest BCUT2D eigenvalue weighted by molar-refractivity contribution is 9.10. The van der Waals surface area contributed by atoms with Crippen LogP contribution in [0.1, 0.15) is 31.4 Å². The van der Waals surface area contributed by atoms with Crippen LogP contribution in [0.25, 0.3) is 0 Å². The zero-order chi connectivity index (χ0) is 15.2. The second-order valence-corrected chi connectivity index (χ2v) is 6.09. The summed E-state index contributed by atoms with van der Waals surface area (Å²) in [5.74, 6) is 1.70. The third-order valence-electron chi connectivity index (χ3n) is 3.55. The molecule has 2 aromatic carbocycles. The molecule has 2 aromatic rings. The summed E-state index contributed by atoms with van der Waals surface area (Å²) in [4.78, 5) is 0. The van der Waals surface area contributed by atoms with E-state index in [9.17, 15) is 0 Å². The van der Waals surface area contributed by atoms with Crippen LogP contribution in [0.2, 0.25) is 0 Å². The largest absolute Gasteiger partial charge is 0.456 e. The normalized spacial score (nSPS) is 12.2. The summed E-state index contributed by atoms with van der Waals surface area (Å²) < 4.78 is 6.92. The van der Waals surface area contributed by atoms with Crippen LogP contribution in [-0.2, 0) is 12.8 Å². The van der Waals surface area contributed by atoms with Crippen LogP contribution in [-0.4, -0.2) is 6.04 Å². The molecule has 0 spiro atoms. The Morgan fingerprint density at radius 2 is 1.90 bits per heavy atom. The first-order valence-corrected chi connectivity index (χ1v) is 8.22. The molecule has 0 aliphatic rings. The fourth-order valence-electron chi connectivity index (χ4n) is 2.16. The Morgan fingerprint density at radius 1 is 1.10 bits per heavy atom. The quantitative estimate of drug-likeness (QED) is 0.790. The first-order valence-electron chi connectivity index (χ1n) is 7.43. The van der Waals surface area contributed by atoms with Gasteiger partial charge in [-0.1, -0.05) is 32.0 Å². The highest BCUT2D eigenvalue weighted by Crippen LogP contribution is 2.31. The molecular formula is C18H22BrNO. The van der Waals surface area contributed by atoms with Gasteiger partial charge in [-0.2, -0.15) is 0 Å². The molecule has 1 atom stereocenters. The van der Waals surface area contributed by atoms with E-state index in [4.69, 9.17) is 10.5 Å². The minimum atomic E-state index is 0.213. The third kappa shape index (κ3) is 4.58. The molecule has 0 fully saturated rings. The molecule has 0 heterocycles. The SMILES string of the molecule is CCc1cccc(Oc2ccc(CC(N)CC)cc2Br)c1. The molecule has 112 valence electrons. The highest BCUT2D eigenvalue weighted by atomic mass is 79.9. The van der Waals surface area contributed by atoms with Gasteiger partial charge in [0, 0.05) is 6.04 Å². The van der Waals surface area contributed by atoms with E-state index in [0.29, 0.717) is 0 Å². The number of hydrogen-bond donors (Lipinski definition) is 1. The summed E-state index contributed by atoms with van der Waals surface area (Å²) >= 11 is 3.59. The lowest BCUT2D eigenvalue weighted by molar-refractivity contribution is 0.478. The molecule has 0 saturated carbocycles. The van der Waals surface area contributed by atoms with Crippen molar-refractivity contribution in [1.29, 1.82) is 0 Å². The van der Waals surface area contributed by atoms with Gasteiger partial charge >= 0.3 is 0 Å². The van der Waals surface area contributed by atoms with Gasteiger partial charge in [-0.05, 0) is 70.6 Å². The summed E-state index contributed by atoms with van der Waals surface area (Å²) in [6, 6.07) is 14.6. The Morgan fingerprint density at radius 3 is 2.57 bits per heavy atom. The van der Waals surface area contributed by atoms with Crippen molar-refractivity contribution in [2.24, 2.45) is 5.73 Å². The molecule has 21 heavy (non-hydrogen) atoms. The van der Waals surface area contributed by atoms with Crippen LogP contribution in [0.4, 0.5) is 0 Å². The van der Waals surface area contributed by atoms with E-state index in [2.05, 4.69) is 54.0 Å². The molecule has 2 N–H and O–H groups in total. The molecule has 1 unspecified atom stereocenters. The van der Waals surface area contributed by atoms with Crippen molar-refractivity contribution < 1.29 is 4.74 Å². The maximum absolute atomic E-state index is 6.00. The van der Waals surface area contributed by atoms with E-state index < -0.39 is 0 Å². The molecular weight excluding hydrogens is 326 g/mol. The van der Waals surface area contributed by atoms with Gasteiger partial charge in [0.1, 0.15) is 11.5 Å². The zero-order valence-electron chi connectivity index (χ0n) is 12.6. The lowest BCUT2D eigenvalue weighted by Crippen LogP contribution is -2.21. The maximum atomic E-state index is 6.00. The minimum absolute atomic E-state index is 0.213. The molecule has 2 nitrogen and oxygen atoms in total. The second-order valence-electron chi connectivity index (χ2n) is 5.24. The van der Waals surface area contributed by atoms with Crippen molar-refractivity contribution in [2.45, 2.75) is 39.2 Å². The molecule has 3 heteroatoms. The number of halogens is 1. The molecule has 0 bridgehead atoms. The minimum Gasteiger partial charge on any atom is -0.456 e. The average molecular weight is 348 g/mol. The summed E-state index contributed by atoms with van der Waals surface area (Å²) in [7, 11) is 0. The average Bonchev–Trinajstić information content (AvgIpc) is 2.50. The van der Waals surface area contributed by atoms with Crippen molar-refractivity contribution in [3.05, 3.63) is 58.1 Å². The summed E-state index contributed by atoms with van der Waals surface area (Å²) in [5.41, 5.74) is 8.50. The topological polar surface area (TPSA) is 35.2 Å². The predicted molar refractivity (Wildman–Crippen MR) is 92.0 cm³/mol. The van der Waals surface area contributed by atoms with Crippen molar-refractivity contribution in [3.8, 4) is 11.5 Å². The van der Waals surface area contributed by atoms with E-state index in [0.717, 1.165) is 35.2 Å². The highest BCUT2D eigenvalue weighted by Gasteiger charge is 2.07. The Labute approximate surface area is 135 Å². The Bertz CT molecular complexity index is 598. The van der Waals surface area contributed by atoms with Gasteiger partial charge in [-0.15, -0.1) is 0 Å². The number of benzene rings is 2. The van der Waals surface area contributed by atoms with Crippen LogP contribution in [0.5, 0.6) is 11.5 Å². The number of hydrogen-bond acceptors (Lipinski definition) is 2. The van der Waals surface area contributed by atoms with Crippen LogP contribution >= 0.6 is 15.9 Å². The molecule has 0 saturated heterocycles. The van der Waals surface area contributed by atoms with E-state index >= 15 is 0 Å². The Hall–Kier alpha value is -1.32. The Kier molecular flexibility index (Phi) is 5.83. The van der Waals surface area contributed by atoms with Gasteiger partial charge < -0.3 is 10.5 Å². The molecule has 0 aliphatic heterocycles. The summed E-state index contributed by atoms with van der Waals surface area (Å²) in [5, 5.41) is 0. The monoisotopic (exact) mass is 347 g/mol. The fourth-order valence-corrected chi connectivity index (χ4v) is 2.66. The zero-order valence-corrected chi connectivity index (χ0v) is 14.2. The second kappa shape index (κ2) is 7.62. The maximum Gasteiger partial charge on any atom is 0.141 e. The number of nitrogens with two attached hydrogens (primary N) is 1. The van der Waals surface area contributed by atoms with Crippen LogP contribution in [0, 0.1) is 0 Å². The third-order valence-corrected chi connectivity index (χ3v) is 4.17. The van der Waals surface area contributed by atoms with Crippen molar-refractivity contribution in [1.82, 2.24) is 0 Å². The molecule has 0 aliphatic carbocycles. The van der Waals surface area contributed by atoms with Crippen LogP contribution in [0.15, 0.2) is 46.9 Å². The summed E-state index contributed by atoms with van der Waals surface area (Å²) in [6.07, 6.45) is 2.88. The lowest BCUT2D eigenvalue weighted by atomic mass is 10.0. The molecule has 0 amide bonds. The molecule has 2 rings (SSSR count). The van der Waals surface area contributed by atoms with Gasteiger partial charge in [-0.25, -0.2) is 0 Å². The van der Waals surface area contributed by atoms with Crippen molar-refractivity contribution >= 4 is 15.9 Å². The first-order chi connectivity index (χ1) is 10.1. The number of ether oxygens (including phenoxy) is 1. The standard InChI is InChI=1S/C18H22BrNO/c1-3-13-6-5-7-16(11-13)21-18-9-8-14(12-17(18)19)10-15(20)4-2/h5-9,11-12,15H,3-4,10,20H2,1-2H3. The van der Waals surface area contributed by atoms with Crippen LogP contribution < -0.4 is 10.5 Å². The lowest BCUT2D eigenvalue weighted by Gasteiger charge is -2.12. The van der Waals surface area contributed by atoms with Crippen LogP contribution in [0.3, 0.4) is 0 Å². The first kappa shape index (κ1) is 16.1. The van der Waals surface area contributed by atoms with E-state index in [-0.39, 0.29) is 6.04 Å². The van der Waals surface area contributed by atoms with Gasteiger partial charge in [0.25, 0.3) is 0 Å². The van der Waals surface area contributed by atoms with Gasteiger partial charge in [-0.3, -0.25) is 0 Å². The van der Waals surface area contributed by atoms with Gasteiger partial charge in [0.2, 0.25) is 0 Å². The van der Waals surface area contributed by atoms with Gasteiger partial charge in [0.15, 0.2) is 0 Å². The van der Waals surface area contributed by atoms with Crippen molar-refractivity contribution in [3.63, 3.8) is 0 Å². The Balaban J connectivity index is 2.13. The van der Waals surface area contributed by atoms with E-state index in [1.165, 1.54) is 11.1 Å². The van der Waals surface area contributed by atoms with Gasteiger partial charge in [0.05, 0.1) is 4.47 Å². The smallest absolute Gasteiger partial charge is 0.141 e. The summed E-state index contributed by atoms with van der Waals surface area (Å²) in [6.45, 7) is 4.25. The number of aryl methyl sites for hydroxylation is 1. The van der Waals surface area contributed by atoms with E-state index in [1.807, 2.05) is 18.2 Å². The van der Waals surface area contributed by atoms with E-state index in [1.54, 1.807) is 0 Å².